The Morgan fingerprint density at radius 1 is 0.864 bits per heavy atom. The van der Waals surface area contributed by atoms with Crippen LogP contribution in [0.3, 0.4) is 0 Å². The average Bonchev–Trinajstić information content (AvgIpc) is 2.49. The standard InChI is InChI=1S/C8H3F2NO.C7H3F2N/c1-11-7-3-2-6(9)5(4-12)8(7)10;1-10-7-3-2-5(8)4-6(7)9/h2-4H;2-4H. The van der Waals surface area contributed by atoms with E-state index in [2.05, 4.69) is 9.69 Å². The van der Waals surface area contributed by atoms with E-state index in [1.807, 2.05) is 0 Å². The largest absolute Gasteiger partial charge is 0.298 e. The van der Waals surface area contributed by atoms with E-state index in [0.29, 0.717) is 6.07 Å². The van der Waals surface area contributed by atoms with Crippen LogP contribution in [0.2, 0.25) is 0 Å². The van der Waals surface area contributed by atoms with Crippen LogP contribution in [0.1, 0.15) is 10.4 Å². The second-order valence-electron chi connectivity index (χ2n) is 3.73. The number of hydrogen-bond donors (Lipinski definition) is 0. The van der Waals surface area contributed by atoms with Gasteiger partial charge >= 0.3 is 0 Å². The molecular formula is C15H6F4N2O. The number of halogens is 4. The summed E-state index contributed by atoms with van der Waals surface area (Å²) in [5, 5.41) is 0. The van der Waals surface area contributed by atoms with Crippen molar-refractivity contribution in [3.8, 4) is 0 Å². The van der Waals surface area contributed by atoms with Gasteiger partial charge in [-0.3, -0.25) is 4.79 Å². The molecule has 0 atom stereocenters. The number of benzene rings is 2. The van der Waals surface area contributed by atoms with Crippen molar-refractivity contribution in [2.24, 2.45) is 0 Å². The van der Waals surface area contributed by atoms with Gasteiger partial charge in [-0.05, 0) is 18.2 Å². The zero-order chi connectivity index (χ0) is 16.7. The molecule has 2 aromatic rings. The summed E-state index contributed by atoms with van der Waals surface area (Å²) >= 11 is 0. The second-order valence-corrected chi connectivity index (χ2v) is 3.73. The molecule has 0 aliphatic carbocycles. The molecule has 0 saturated carbocycles. The van der Waals surface area contributed by atoms with Crippen LogP contribution in [-0.4, -0.2) is 6.29 Å². The van der Waals surface area contributed by atoms with Gasteiger partial charge in [-0.15, -0.1) is 0 Å². The highest BCUT2D eigenvalue weighted by Gasteiger charge is 2.11. The summed E-state index contributed by atoms with van der Waals surface area (Å²) in [5.41, 5.74) is -1.19. The van der Waals surface area contributed by atoms with E-state index in [4.69, 9.17) is 13.1 Å². The Kier molecular flexibility index (Phi) is 5.79. The SMILES string of the molecule is [C-]#[N+]c1ccc(F)c(C=O)c1F.[C-]#[N+]c1ccc(F)cc1F. The molecule has 0 aliphatic heterocycles. The Balaban J connectivity index is 0.000000224. The molecule has 0 radical (unpaired) electrons. The highest BCUT2D eigenvalue weighted by atomic mass is 19.1. The minimum Gasteiger partial charge on any atom is -0.298 e. The van der Waals surface area contributed by atoms with Gasteiger partial charge in [0.1, 0.15) is 23.3 Å². The van der Waals surface area contributed by atoms with Gasteiger partial charge in [0.15, 0.2) is 6.29 Å². The molecule has 2 rings (SSSR count). The van der Waals surface area contributed by atoms with Crippen molar-refractivity contribution in [3.63, 3.8) is 0 Å². The van der Waals surface area contributed by atoms with E-state index < -0.39 is 28.8 Å². The normalized spacial score (nSPS) is 9.00. The molecule has 2 aromatic carbocycles. The Bertz CT molecular complexity index is 791. The smallest absolute Gasteiger partial charge is 0.223 e. The van der Waals surface area contributed by atoms with Gasteiger partial charge in [0.25, 0.3) is 0 Å². The van der Waals surface area contributed by atoms with Crippen molar-refractivity contribution in [2.45, 2.75) is 0 Å². The molecule has 0 bridgehead atoms. The molecule has 0 amide bonds. The Labute approximate surface area is 123 Å². The fraction of sp³-hybridized carbons (Fsp3) is 0. The molecule has 0 unspecified atom stereocenters. The van der Waals surface area contributed by atoms with Crippen molar-refractivity contribution in [2.75, 3.05) is 0 Å². The fourth-order valence-electron chi connectivity index (χ4n) is 1.32. The van der Waals surface area contributed by atoms with Crippen LogP contribution in [0.25, 0.3) is 9.69 Å². The lowest BCUT2D eigenvalue weighted by Gasteiger charge is -1.97. The summed E-state index contributed by atoms with van der Waals surface area (Å²) in [7, 11) is 0. The van der Waals surface area contributed by atoms with Gasteiger partial charge in [-0.1, -0.05) is 12.1 Å². The first-order valence-electron chi connectivity index (χ1n) is 5.57. The Morgan fingerprint density at radius 3 is 1.95 bits per heavy atom. The zero-order valence-corrected chi connectivity index (χ0v) is 10.8. The number of aldehydes is 1. The third-order valence-corrected chi connectivity index (χ3v) is 2.37. The van der Waals surface area contributed by atoms with Gasteiger partial charge < -0.3 is 0 Å². The molecule has 22 heavy (non-hydrogen) atoms. The van der Waals surface area contributed by atoms with E-state index in [-0.39, 0.29) is 17.7 Å². The molecule has 0 fully saturated rings. The lowest BCUT2D eigenvalue weighted by atomic mass is 10.2. The molecule has 0 aromatic heterocycles. The van der Waals surface area contributed by atoms with Gasteiger partial charge in [-0.25, -0.2) is 27.3 Å². The van der Waals surface area contributed by atoms with Crippen LogP contribution in [0.5, 0.6) is 0 Å². The topological polar surface area (TPSA) is 25.8 Å². The average molecular weight is 306 g/mol. The molecule has 0 N–H and O–H groups in total. The third-order valence-electron chi connectivity index (χ3n) is 2.37. The van der Waals surface area contributed by atoms with Gasteiger partial charge in [0.05, 0.1) is 18.7 Å². The predicted octanol–water partition coefficient (Wildman–Crippen LogP) is 4.84. The fourth-order valence-corrected chi connectivity index (χ4v) is 1.32. The number of rotatable bonds is 1. The first-order valence-corrected chi connectivity index (χ1v) is 5.57. The third kappa shape index (κ3) is 3.90. The van der Waals surface area contributed by atoms with Crippen molar-refractivity contribution in [1.29, 1.82) is 0 Å². The quantitative estimate of drug-likeness (QED) is 0.420. The molecule has 0 saturated heterocycles. The minimum atomic E-state index is -1.10. The molecule has 0 heterocycles. The van der Waals surface area contributed by atoms with Crippen molar-refractivity contribution in [3.05, 3.63) is 82.0 Å². The molecule has 0 aliphatic rings. The van der Waals surface area contributed by atoms with E-state index in [9.17, 15) is 22.4 Å². The van der Waals surface area contributed by atoms with E-state index >= 15 is 0 Å². The summed E-state index contributed by atoms with van der Waals surface area (Å²) in [6.07, 6.45) is 0.0549. The minimum absolute atomic E-state index is 0.0549. The number of carbonyl (C=O) groups is 1. The number of nitrogens with zero attached hydrogens (tertiary/aromatic N) is 2. The van der Waals surface area contributed by atoms with E-state index in [1.54, 1.807) is 0 Å². The molecule has 0 spiro atoms. The summed E-state index contributed by atoms with van der Waals surface area (Å²) in [5.74, 6) is -3.52. The second kappa shape index (κ2) is 7.55. The van der Waals surface area contributed by atoms with Crippen LogP contribution < -0.4 is 0 Å². The molecule has 3 nitrogen and oxygen atoms in total. The molecule has 110 valence electrons. The van der Waals surface area contributed by atoms with Gasteiger partial charge in [-0.2, -0.15) is 0 Å². The highest BCUT2D eigenvalue weighted by Crippen LogP contribution is 2.22. The van der Waals surface area contributed by atoms with E-state index in [1.165, 1.54) is 0 Å². The van der Waals surface area contributed by atoms with Crippen LogP contribution in [0.4, 0.5) is 28.9 Å². The number of carbonyl (C=O) groups excluding carboxylic acids is 1. The Hall–Kier alpha value is -3.19. The summed E-state index contributed by atoms with van der Waals surface area (Å²) in [6.45, 7) is 12.9. The lowest BCUT2D eigenvalue weighted by Crippen LogP contribution is -1.92. The van der Waals surface area contributed by atoms with Crippen LogP contribution >= 0.6 is 0 Å². The predicted molar refractivity (Wildman–Crippen MR) is 70.6 cm³/mol. The first-order chi connectivity index (χ1) is 10.4. The maximum atomic E-state index is 12.8. The molecular weight excluding hydrogens is 300 g/mol. The van der Waals surface area contributed by atoms with Crippen molar-refractivity contribution in [1.82, 2.24) is 0 Å². The maximum Gasteiger partial charge on any atom is 0.223 e. The molecule has 7 heteroatoms. The Morgan fingerprint density at radius 2 is 1.45 bits per heavy atom. The summed E-state index contributed by atoms with van der Waals surface area (Å²) < 4.78 is 50.0. The monoisotopic (exact) mass is 306 g/mol. The van der Waals surface area contributed by atoms with Crippen molar-refractivity contribution < 1.29 is 22.4 Å². The highest BCUT2D eigenvalue weighted by molar-refractivity contribution is 5.78. The van der Waals surface area contributed by atoms with Crippen LogP contribution in [0.15, 0.2) is 30.3 Å². The van der Waals surface area contributed by atoms with Crippen LogP contribution in [-0.2, 0) is 0 Å². The number of hydrogen-bond acceptors (Lipinski definition) is 1. The van der Waals surface area contributed by atoms with Crippen molar-refractivity contribution >= 4 is 17.7 Å². The van der Waals surface area contributed by atoms with Gasteiger partial charge in [0.2, 0.25) is 11.4 Å². The van der Waals surface area contributed by atoms with Crippen LogP contribution in [0, 0.1) is 36.4 Å². The lowest BCUT2D eigenvalue weighted by molar-refractivity contribution is 0.111. The zero-order valence-electron chi connectivity index (χ0n) is 10.8. The maximum absolute atomic E-state index is 12.8. The first kappa shape index (κ1) is 16.9. The van der Waals surface area contributed by atoms with E-state index in [0.717, 1.165) is 24.3 Å². The summed E-state index contributed by atoms with van der Waals surface area (Å²) in [6, 6.07) is 4.73. The summed E-state index contributed by atoms with van der Waals surface area (Å²) in [4.78, 5) is 15.7. The van der Waals surface area contributed by atoms with Gasteiger partial charge in [0, 0.05) is 0 Å².